The van der Waals surface area contributed by atoms with E-state index in [0.717, 1.165) is 45.6 Å². The van der Waals surface area contributed by atoms with E-state index in [9.17, 15) is 0 Å². The van der Waals surface area contributed by atoms with Crippen molar-refractivity contribution in [2.45, 2.75) is 0 Å². The number of rotatable bonds is 16. The van der Waals surface area contributed by atoms with Crippen LogP contribution in [0.1, 0.15) is 0 Å². The summed E-state index contributed by atoms with van der Waals surface area (Å²) in [7, 11) is 0. The third-order valence-electron chi connectivity index (χ3n) is 17.5. The molecule has 0 aliphatic heterocycles. The minimum Gasteiger partial charge on any atom is -0.253 e. The van der Waals surface area contributed by atoms with E-state index in [-0.39, 0.29) is 0 Å². The summed E-state index contributed by atoms with van der Waals surface area (Å²) in [5, 5.41) is 0. The molecular formula is C92H60N28. The molecule has 120 heavy (non-hydrogen) atoms. The Balaban J connectivity index is 0.000000114. The van der Waals surface area contributed by atoms with Crippen molar-refractivity contribution < 1.29 is 0 Å². The summed E-state index contributed by atoms with van der Waals surface area (Å²) in [5.74, 6) is 4.44. The zero-order valence-corrected chi connectivity index (χ0v) is 63.2. The second kappa shape index (κ2) is 36.9. The zero-order chi connectivity index (χ0) is 80.7. The summed E-state index contributed by atoms with van der Waals surface area (Å²) in [6.07, 6.45) is 27.5. The molecule has 0 aromatic carbocycles. The Kier molecular flexibility index (Phi) is 23.1. The average Bonchev–Trinajstić information content (AvgIpc) is 0.820. The summed E-state index contributed by atoms with van der Waals surface area (Å²) in [5.41, 5.74) is 17.2. The van der Waals surface area contributed by atoms with Crippen LogP contribution >= 0.6 is 0 Å². The van der Waals surface area contributed by atoms with E-state index < -0.39 is 0 Å². The molecule has 28 nitrogen and oxygen atoms in total. The van der Waals surface area contributed by atoms with Crippen molar-refractivity contribution in [3.63, 3.8) is 0 Å². The van der Waals surface area contributed by atoms with Crippen molar-refractivity contribution in [3.05, 3.63) is 366 Å². The number of pyridine rings is 12. The predicted octanol–water partition coefficient (Wildman–Crippen LogP) is 16.5. The van der Waals surface area contributed by atoms with Gasteiger partial charge in [0.1, 0.15) is 45.6 Å². The molecule has 28 heteroatoms. The van der Waals surface area contributed by atoms with Crippen LogP contribution in [0.3, 0.4) is 0 Å². The van der Waals surface area contributed by atoms with Gasteiger partial charge in [-0.05, 0) is 194 Å². The molecule has 0 saturated heterocycles. The lowest BCUT2D eigenvalue weighted by atomic mass is 10.2. The highest BCUT2D eigenvalue weighted by Gasteiger charge is 2.17. The Labute approximate surface area is 685 Å². The van der Waals surface area contributed by atoms with E-state index >= 15 is 0 Å². The van der Waals surface area contributed by atoms with Crippen molar-refractivity contribution in [1.82, 2.24) is 140 Å². The highest BCUT2D eigenvalue weighted by Crippen LogP contribution is 2.30. The lowest BCUT2D eigenvalue weighted by Crippen LogP contribution is -1.97. The molecule has 0 aliphatic rings. The van der Waals surface area contributed by atoms with Crippen LogP contribution in [0.4, 0.5) is 0 Å². The molecule has 0 amide bonds. The van der Waals surface area contributed by atoms with Gasteiger partial charge in [-0.25, -0.2) is 99.7 Å². The van der Waals surface area contributed by atoms with Gasteiger partial charge in [0.05, 0.1) is 91.1 Å². The summed E-state index contributed by atoms with van der Waals surface area (Å²) >= 11 is 0. The van der Waals surface area contributed by atoms with Gasteiger partial charge in [-0.2, -0.15) is 0 Å². The number of hydrogen-bond donors (Lipinski definition) is 0. The molecule has 0 atom stereocenters. The molecule has 0 aliphatic carbocycles. The first-order valence-electron chi connectivity index (χ1n) is 37.3. The molecule has 20 heterocycles. The normalized spacial score (nSPS) is 10.7. The first-order chi connectivity index (χ1) is 59.5. The molecule has 20 aromatic heterocycles. The SMILES string of the molecule is c1ccc(-c2nccc(-c3cccc(-c4ccnc(-c5ccccn5)n4)n3)n2)nc1.c1ccc(-c2nccc(-c3cccc(-c4ccnc(-c5ccccn5)n4)n3)n2)nc1.c1ccc(-c2nccc(-c3cccc(-c4ccnc(-c5ccccn5)n4)n3)n2)nc1.c1ccc(-c2nccc(-c3cccc(-c4ccnc(-c5ccccn5)n4)n3)n2)nc1. The first kappa shape index (κ1) is 75.1. The van der Waals surface area contributed by atoms with Gasteiger partial charge in [-0.3, -0.25) is 39.9 Å². The Morgan fingerprint density at radius 2 is 0.200 bits per heavy atom. The summed E-state index contributed by atoms with van der Waals surface area (Å²) in [6, 6.07) is 82.8. The van der Waals surface area contributed by atoms with Crippen LogP contribution in [0, 0.1) is 0 Å². The number of hydrogen-bond acceptors (Lipinski definition) is 28. The van der Waals surface area contributed by atoms with Crippen LogP contribution in [0.15, 0.2) is 366 Å². The summed E-state index contributed by atoms with van der Waals surface area (Å²) in [6.45, 7) is 0. The average molecular weight is 1560 g/mol. The Morgan fingerprint density at radius 3 is 0.317 bits per heavy atom. The maximum Gasteiger partial charge on any atom is 0.178 e. The number of nitrogens with zero attached hydrogens (tertiary/aromatic N) is 28. The van der Waals surface area contributed by atoms with Crippen LogP contribution in [0.5, 0.6) is 0 Å². The Morgan fingerprint density at radius 1 is 0.0833 bits per heavy atom. The quantitative estimate of drug-likeness (QED) is 0.0867. The molecule has 0 spiro atoms. The van der Waals surface area contributed by atoms with Gasteiger partial charge in [0.15, 0.2) is 46.6 Å². The van der Waals surface area contributed by atoms with Crippen LogP contribution in [0.2, 0.25) is 0 Å². The van der Waals surface area contributed by atoms with Gasteiger partial charge in [0, 0.05) is 99.1 Å². The van der Waals surface area contributed by atoms with Crippen LogP contribution in [-0.4, -0.2) is 140 Å². The fourth-order valence-corrected chi connectivity index (χ4v) is 11.8. The van der Waals surface area contributed by atoms with E-state index in [1.54, 1.807) is 99.1 Å². The molecule has 0 unspecified atom stereocenters. The molecule has 0 N–H and O–H groups in total. The lowest BCUT2D eigenvalue weighted by Gasteiger charge is -2.06. The summed E-state index contributed by atoms with van der Waals surface area (Å²) in [4.78, 5) is 125. The van der Waals surface area contributed by atoms with E-state index in [1.807, 2.05) is 267 Å². The minimum atomic E-state index is 0.555. The Hall–Kier alpha value is -17.6. The molecule has 0 saturated carbocycles. The van der Waals surface area contributed by atoms with Crippen LogP contribution < -0.4 is 0 Å². The molecule has 20 aromatic rings. The molecular weight excluding hydrogens is 1500 g/mol. The van der Waals surface area contributed by atoms with Crippen molar-refractivity contribution in [2.24, 2.45) is 0 Å². The maximum absolute atomic E-state index is 4.76. The van der Waals surface area contributed by atoms with E-state index in [0.29, 0.717) is 138 Å². The third kappa shape index (κ3) is 18.7. The summed E-state index contributed by atoms with van der Waals surface area (Å²) < 4.78 is 0. The molecule has 0 fully saturated rings. The standard InChI is InChI=1S/4C23H15N7/c4*1-3-12-24-20(6-1)22-26-14-10-18(29-22)16-8-5-9-17(28-16)19-11-15-27-23(30-19)21-7-2-4-13-25-21/h4*1-15H. The largest absolute Gasteiger partial charge is 0.253 e. The molecule has 0 radical (unpaired) electrons. The lowest BCUT2D eigenvalue weighted by molar-refractivity contribution is 1.12. The van der Waals surface area contributed by atoms with Gasteiger partial charge in [-0.15, -0.1) is 0 Å². The maximum atomic E-state index is 4.76. The van der Waals surface area contributed by atoms with Gasteiger partial charge in [-0.1, -0.05) is 72.8 Å². The van der Waals surface area contributed by atoms with Crippen molar-refractivity contribution in [1.29, 1.82) is 0 Å². The van der Waals surface area contributed by atoms with Crippen LogP contribution in [0.25, 0.3) is 183 Å². The number of aromatic nitrogens is 28. The highest BCUT2D eigenvalue weighted by molar-refractivity contribution is 5.70. The van der Waals surface area contributed by atoms with E-state index in [4.69, 9.17) is 19.9 Å². The monoisotopic (exact) mass is 1560 g/mol. The Bertz CT molecular complexity index is 5590. The predicted molar refractivity (Wildman–Crippen MR) is 451 cm³/mol. The van der Waals surface area contributed by atoms with Gasteiger partial charge in [0.2, 0.25) is 0 Å². The highest BCUT2D eigenvalue weighted by atomic mass is 15.0. The van der Waals surface area contributed by atoms with Crippen LogP contribution in [-0.2, 0) is 0 Å². The van der Waals surface area contributed by atoms with E-state index in [1.165, 1.54) is 0 Å². The smallest absolute Gasteiger partial charge is 0.178 e. The van der Waals surface area contributed by atoms with Crippen molar-refractivity contribution >= 4 is 0 Å². The van der Waals surface area contributed by atoms with Crippen molar-refractivity contribution in [3.8, 4) is 183 Å². The van der Waals surface area contributed by atoms with Gasteiger partial charge < -0.3 is 0 Å². The van der Waals surface area contributed by atoms with Gasteiger partial charge in [0.25, 0.3) is 0 Å². The topological polar surface area (TPSA) is 361 Å². The molecule has 20 rings (SSSR count). The third-order valence-corrected chi connectivity index (χ3v) is 17.5. The van der Waals surface area contributed by atoms with E-state index in [2.05, 4.69) is 120 Å². The second-order valence-corrected chi connectivity index (χ2v) is 25.5. The first-order valence-corrected chi connectivity index (χ1v) is 37.3. The molecule has 0 bridgehead atoms. The molecule has 568 valence electrons. The van der Waals surface area contributed by atoms with Crippen molar-refractivity contribution in [2.75, 3.05) is 0 Å². The zero-order valence-electron chi connectivity index (χ0n) is 63.2. The second-order valence-electron chi connectivity index (χ2n) is 25.5. The van der Waals surface area contributed by atoms with Gasteiger partial charge >= 0.3 is 0 Å². The fourth-order valence-electron chi connectivity index (χ4n) is 11.8. The minimum absolute atomic E-state index is 0.555. The fraction of sp³-hybridized carbons (Fsp3) is 0.